The molecule has 7 heteroatoms. The minimum Gasteiger partial charge on any atom is -0.322 e. The summed E-state index contributed by atoms with van der Waals surface area (Å²) in [6.45, 7) is -0.0000142. The first-order valence-corrected chi connectivity index (χ1v) is 5.86. The summed E-state index contributed by atoms with van der Waals surface area (Å²) in [5.74, 6) is -1.97. The van der Waals surface area contributed by atoms with Crippen LogP contribution in [0.3, 0.4) is 0 Å². The third-order valence-electron chi connectivity index (χ3n) is 3.00. The van der Waals surface area contributed by atoms with Gasteiger partial charge in [0, 0.05) is 32.0 Å². The lowest BCUT2D eigenvalue weighted by atomic mass is 10.1. The van der Waals surface area contributed by atoms with Gasteiger partial charge < -0.3 is 14.9 Å². The van der Waals surface area contributed by atoms with E-state index in [9.17, 15) is 18.4 Å². The molecule has 0 bridgehead atoms. The standard InChI is InChI=1S/C13H13F2N3O2/c1-17-4-5-18(13(20)12(17)19)7-11(16)8-2-3-9(14)10(15)6-8/h2-6,11H,7,16H2,1H3. The van der Waals surface area contributed by atoms with E-state index >= 15 is 0 Å². The highest BCUT2D eigenvalue weighted by Gasteiger charge is 2.12. The van der Waals surface area contributed by atoms with Crippen LogP contribution in [0.4, 0.5) is 8.78 Å². The third kappa shape index (κ3) is 2.67. The highest BCUT2D eigenvalue weighted by atomic mass is 19.2. The molecule has 1 aromatic carbocycles. The van der Waals surface area contributed by atoms with Crippen molar-refractivity contribution in [2.75, 3.05) is 0 Å². The number of nitrogens with two attached hydrogens (primary N) is 1. The molecule has 1 unspecified atom stereocenters. The maximum atomic E-state index is 13.1. The molecule has 2 N–H and O–H groups in total. The van der Waals surface area contributed by atoms with Gasteiger partial charge in [0.2, 0.25) is 0 Å². The van der Waals surface area contributed by atoms with Gasteiger partial charge in [0.05, 0.1) is 0 Å². The van der Waals surface area contributed by atoms with Gasteiger partial charge in [0.1, 0.15) is 0 Å². The van der Waals surface area contributed by atoms with Gasteiger partial charge in [0.25, 0.3) is 0 Å². The molecule has 0 saturated carbocycles. The van der Waals surface area contributed by atoms with Crippen molar-refractivity contribution in [1.29, 1.82) is 0 Å². The Morgan fingerprint density at radius 3 is 2.50 bits per heavy atom. The molecule has 5 nitrogen and oxygen atoms in total. The van der Waals surface area contributed by atoms with E-state index < -0.39 is 28.8 Å². The number of aryl methyl sites for hydroxylation is 1. The Bertz CT molecular complexity index is 752. The molecule has 20 heavy (non-hydrogen) atoms. The number of halogens is 2. The fraction of sp³-hybridized carbons (Fsp3) is 0.231. The Kier molecular flexibility index (Phi) is 3.80. The maximum Gasteiger partial charge on any atom is 0.316 e. The Labute approximate surface area is 112 Å². The van der Waals surface area contributed by atoms with E-state index in [0.717, 1.165) is 21.3 Å². The van der Waals surface area contributed by atoms with E-state index in [0.29, 0.717) is 5.56 Å². The van der Waals surface area contributed by atoms with Crippen LogP contribution in [0.5, 0.6) is 0 Å². The average Bonchev–Trinajstić information content (AvgIpc) is 2.42. The summed E-state index contributed by atoms with van der Waals surface area (Å²) in [6, 6.07) is 2.56. The maximum absolute atomic E-state index is 13.1. The van der Waals surface area contributed by atoms with Crippen LogP contribution in [0.1, 0.15) is 11.6 Å². The first kappa shape index (κ1) is 14.1. The van der Waals surface area contributed by atoms with Crippen LogP contribution < -0.4 is 16.9 Å². The molecule has 0 amide bonds. The lowest BCUT2D eigenvalue weighted by molar-refractivity contribution is 0.499. The van der Waals surface area contributed by atoms with Gasteiger partial charge in [-0.15, -0.1) is 0 Å². The molecule has 1 aromatic heterocycles. The highest BCUT2D eigenvalue weighted by Crippen LogP contribution is 2.15. The summed E-state index contributed by atoms with van der Waals surface area (Å²) < 4.78 is 28.3. The molecular formula is C13H13F2N3O2. The number of benzene rings is 1. The minimum absolute atomic E-state index is 0.0000142. The lowest BCUT2D eigenvalue weighted by Crippen LogP contribution is -2.41. The summed E-state index contributed by atoms with van der Waals surface area (Å²) in [5.41, 5.74) is 4.80. The van der Waals surface area contributed by atoms with Crippen molar-refractivity contribution in [3.8, 4) is 0 Å². The van der Waals surface area contributed by atoms with Gasteiger partial charge in [-0.3, -0.25) is 9.59 Å². The van der Waals surface area contributed by atoms with E-state index in [1.54, 1.807) is 0 Å². The average molecular weight is 281 g/mol. The Morgan fingerprint density at radius 2 is 1.85 bits per heavy atom. The lowest BCUT2D eigenvalue weighted by Gasteiger charge is -2.14. The molecule has 2 rings (SSSR count). The second-order valence-corrected chi connectivity index (χ2v) is 4.45. The van der Waals surface area contributed by atoms with Gasteiger partial charge >= 0.3 is 11.1 Å². The summed E-state index contributed by atoms with van der Waals surface area (Å²) in [6.07, 6.45) is 2.85. The Hall–Kier alpha value is -2.28. The molecule has 0 aliphatic rings. The van der Waals surface area contributed by atoms with Crippen molar-refractivity contribution >= 4 is 0 Å². The zero-order valence-electron chi connectivity index (χ0n) is 10.7. The summed E-state index contributed by atoms with van der Waals surface area (Å²) in [7, 11) is 1.46. The fourth-order valence-corrected chi connectivity index (χ4v) is 1.79. The molecular weight excluding hydrogens is 268 g/mol. The fourth-order valence-electron chi connectivity index (χ4n) is 1.79. The first-order chi connectivity index (χ1) is 9.40. The van der Waals surface area contributed by atoms with Crippen LogP contribution in [0.15, 0.2) is 40.2 Å². The van der Waals surface area contributed by atoms with Crippen LogP contribution in [0.25, 0.3) is 0 Å². The van der Waals surface area contributed by atoms with Gasteiger partial charge in [-0.2, -0.15) is 0 Å². The molecule has 1 atom stereocenters. The van der Waals surface area contributed by atoms with Crippen LogP contribution in [0, 0.1) is 11.6 Å². The van der Waals surface area contributed by atoms with Crippen molar-refractivity contribution in [1.82, 2.24) is 9.13 Å². The number of nitrogens with zero attached hydrogens (tertiary/aromatic N) is 2. The Balaban J connectivity index is 2.30. The Morgan fingerprint density at radius 1 is 1.15 bits per heavy atom. The predicted molar refractivity (Wildman–Crippen MR) is 69.2 cm³/mol. The minimum atomic E-state index is -1.01. The van der Waals surface area contributed by atoms with E-state index in [1.165, 1.54) is 25.5 Å². The molecule has 0 spiro atoms. The van der Waals surface area contributed by atoms with E-state index in [4.69, 9.17) is 5.73 Å². The third-order valence-corrected chi connectivity index (χ3v) is 3.00. The van der Waals surface area contributed by atoms with Crippen LogP contribution in [-0.2, 0) is 13.6 Å². The van der Waals surface area contributed by atoms with Crippen molar-refractivity contribution in [3.05, 3.63) is 68.5 Å². The van der Waals surface area contributed by atoms with Crippen molar-refractivity contribution < 1.29 is 8.78 Å². The summed E-state index contributed by atoms with van der Waals surface area (Å²) in [4.78, 5) is 23.2. The quantitative estimate of drug-likeness (QED) is 0.834. The van der Waals surface area contributed by atoms with Gasteiger partial charge in [-0.25, -0.2) is 8.78 Å². The summed E-state index contributed by atoms with van der Waals surface area (Å²) >= 11 is 0. The van der Waals surface area contributed by atoms with Crippen molar-refractivity contribution in [3.63, 3.8) is 0 Å². The molecule has 106 valence electrons. The SMILES string of the molecule is Cn1ccn(CC(N)c2ccc(F)c(F)c2)c(=O)c1=O. The number of aromatic nitrogens is 2. The monoisotopic (exact) mass is 281 g/mol. The number of rotatable bonds is 3. The number of hydrogen-bond donors (Lipinski definition) is 1. The molecule has 0 radical (unpaired) electrons. The number of hydrogen-bond acceptors (Lipinski definition) is 3. The first-order valence-electron chi connectivity index (χ1n) is 5.86. The zero-order chi connectivity index (χ0) is 14.9. The van der Waals surface area contributed by atoms with Crippen molar-refractivity contribution in [2.24, 2.45) is 12.8 Å². The topological polar surface area (TPSA) is 70.0 Å². The molecule has 1 heterocycles. The molecule has 2 aromatic rings. The van der Waals surface area contributed by atoms with Gasteiger partial charge in [0.15, 0.2) is 11.6 Å². The van der Waals surface area contributed by atoms with Crippen LogP contribution in [0.2, 0.25) is 0 Å². The second-order valence-electron chi connectivity index (χ2n) is 4.45. The van der Waals surface area contributed by atoms with Crippen LogP contribution in [-0.4, -0.2) is 9.13 Å². The molecule has 0 aliphatic heterocycles. The predicted octanol–water partition coefficient (Wildman–Crippen LogP) is 0.525. The smallest absolute Gasteiger partial charge is 0.316 e. The molecule has 0 saturated heterocycles. The van der Waals surface area contributed by atoms with Gasteiger partial charge in [-0.05, 0) is 17.7 Å². The zero-order valence-corrected chi connectivity index (χ0v) is 10.7. The van der Waals surface area contributed by atoms with E-state index in [2.05, 4.69) is 0 Å². The van der Waals surface area contributed by atoms with E-state index in [1.807, 2.05) is 0 Å². The summed E-state index contributed by atoms with van der Waals surface area (Å²) in [5, 5.41) is 0. The largest absolute Gasteiger partial charge is 0.322 e. The highest BCUT2D eigenvalue weighted by molar-refractivity contribution is 5.20. The molecule has 0 fully saturated rings. The second kappa shape index (κ2) is 5.38. The van der Waals surface area contributed by atoms with Crippen molar-refractivity contribution in [2.45, 2.75) is 12.6 Å². The molecule has 0 aliphatic carbocycles. The van der Waals surface area contributed by atoms with Gasteiger partial charge in [-0.1, -0.05) is 6.07 Å². The van der Waals surface area contributed by atoms with E-state index in [-0.39, 0.29) is 6.54 Å². The van der Waals surface area contributed by atoms with Crippen LogP contribution >= 0.6 is 0 Å². The normalized spacial score (nSPS) is 12.4.